The maximum atomic E-state index is 12.3. The predicted molar refractivity (Wildman–Crippen MR) is 83.3 cm³/mol. The summed E-state index contributed by atoms with van der Waals surface area (Å²) in [6.45, 7) is 1.83. The van der Waals surface area contributed by atoms with E-state index in [4.69, 9.17) is 17.3 Å². The van der Waals surface area contributed by atoms with E-state index in [9.17, 15) is 8.42 Å². The van der Waals surface area contributed by atoms with Gasteiger partial charge in [-0.1, -0.05) is 17.7 Å². The third-order valence-corrected chi connectivity index (χ3v) is 4.68. The third-order valence-electron chi connectivity index (χ3n) is 2.50. The van der Waals surface area contributed by atoms with Crippen LogP contribution in [0.4, 0.5) is 11.4 Å². The summed E-state index contributed by atoms with van der Waals surface area (Å²) in [4.78, 5) is 3.85. The van der Waals surface area contributed by atoms with Crippen molar-refractivity contribution in [3.05, 3.63) is 45.7 Å². The maximum absolute atomic E-state index is 12.3. The molecule has 0 fully saturated rings. The number of nitrogens with one attached hydrogen (secondary N) is 1. The molecule has 0 atom stereocenters. The molecule has 1 heterocycles. The molecule has 0 unspecified atom stereocenters. The van der Waals surface area contributed by atoms with Crippen molar-refractivity contribution in [1.29, 1.82) is 0 Å². The van der Waals surface area contributed by atoms with Crippen molar-refractivity contribution in [1.82, 2.24) is 4.98 Å². The van der Waals surface area contributed by atoms with E-state index in [2.05, 4.69) is 25.6 Å². The average molecular weight is 377 g/mol. The number of nitrogen functional groups attached to an aromatic ring is 1. The molecule has 0 saturated carbocycles. The summed E-state index contributed by atoms with van der Waals surface area (Å²) in [7, 11) is -3.82. The average Bonchev–Trinajstić information content (AvgIpc) is 2.33. The van der Waals surface area contributed by atoms with Gasteiger partial charge in [0.1, 0.15) is 4.90 Å². The van der Waals surface area contributed by atoms with Gasteiger partial charge in [-0.05, 0) is 46.6 Å². The smallest absolute Gasteiger partial charge is 0.264 e. The number of nitrogens with two attached hydrogens (primary N) is 1. The summed E-state index contributed by atoms with van der Waals surface area (Å²) >= 11 is 9.07. The van der Waals surface area contributed by atoms with Crippen LogP contribution in [0.25, 0.3) is 0 Å². The predicted octanol–water partition coefficient (Wildman–Crippen LogP) is 3.19. The van der Waals surface area contributed by atoms with Crippen LogP contribution in [-0.2, 0) is 10.0 Å². The van der Waals surface area contributed by atoms with E-state index < -0.39 is 10.0 Å². The van der Waals surface area contributed by atoms with E-state index >= 15 is 0 Å². The van der Waals surface area contributed by atoms with Crippen molar-refractivity contribution in [2.45, 2.75) is 11.8 Å². The highest BCUT2D eigenvalue weighted by atomic mass is 79.9. The second-order valence-electron chi connectivity index (χ2n) is 4.14. The number of hydrogen-bond donors (Lipinski definition) is 2. The first-order chi connectivity index (χ1) is 9.29. The van der Waals surface area contributed by atoms with Crippen molar-refractivity contribution in [2.24, 2.45) is 0 Å². The van der Waals surface area contributed by atoms with Crippen LogP contribution in [-0.4, -0.2) is 13.4 Å². The topological polar surface area (TPSA) is 85.1 Å². The number of rotatable bonds is 3. The number of aryl methyl sites for hydroxylation is 1. The minimum Gasteiger partial charge on any atom is -0.398 e. The van der Waals surface area contributed by atoms with E-state index in [1.807, 2.05) is 6.92 Å². The fraction of sp³-hybridized carbons (Fsp3) is 0.0833. The Hall–Kier alpha value is -1.31. The lowest BCUT2D eigenvalue weighted by Crippen LogP contribution is -2.15. The zero-order valence-electron chi connectivity index (χ0n) is 10.4. The fourth-order valence-electron chi connectivity index (χ4n) is 1.61. The first-order valence-corrected chi connectivity index (χ1v) is 8.15. The molecule has 0 spiro atoms. The first-order valence-electron chi connectivity index (χ1n) is 5.49. The lowest BCUT2D eigenvalue weighted by Gasteiger charge is -2.11. The second-order valence-corrected chi connectivity index (χ2v) is 7.06. The van der Waals surface area contributed by atoms with E-state index in [0.29, 0.717) is 4.47 Å². The summed E-state index contributed by atoms with van der Waals surface area (Å²) < 4.78 is 27.6. The number of halogens is 2. The van der Waals surface area contributed by atoms with Crippen LogP contribution in [0.2, 0.25) is 5.15 Å². The SMILES string of the molecule is Cc1ccc(S(=O)(=O)Nc2cc(Br)cnc2Cl)c(N)c1. The molecule has 2 rings (SSSR count). The largest absolute Gasteiger partial charge is 0.398 e. The Bertz CT molecular complexity index is 765. The summed E-state index contributed by atoms with van der Waals surface area (Å²) in [5.41, 5.74) is 6.99. The van der Waals surface area contributed by atoms with Gasteiger partial charge in [-0.25, -0.2) is 13.4 Å². The molecule has 20 heavy (non-hydrogen) atoms. The van der Waals surface area contributed by atoms with Crippen molar-refractivity contribution in [3.63, 3.8) is 0 Å². The van der Waals surface area contributed by atoms with Gasteiger partial charge in [0.2, 0.25) is 0 Å². The number of anilines is 2. The minimum absolute atomic E-state index is 0.000794. The molecular weight excluding hydrogens is 366 g/mol. The molecule has 3 N–H and O–H groups in total. The van der Waals surface area contributed by atoms with Crippen molar-refractivity contribution in [2.75, 3.05) is 10.5 Å². The quantitative estimate of drug-likeness (QED) is 0.636. The lowest BCUT2D eigenvalue weighted by atomic mass is 10.2. The van der Waals surface area contributed by atoms with Crippen LogP contribution in [0.3, 0.4) is 0 Å². The van der Waals surface area contributed by atoms with Crippen LogP contribution in [0.1, 0.15) is 5.56 Å². The molecule has 2 aromatic rings. The molecule has 106 valence electrons. The van der Waals surface area contributed by atoms with E-state index in [0.717, 1.165) is 5.56 Å². The fourth-order valence-corrected chi connectivity index (χ4v) is 3.32. The first kappa shape index (κ1) is 15.1. The molecule has 0 bridgehead atoms. The third kappa shape index (κ3) is 3.23. The van der Waals surface area contributed by atoms with Crippen LogP contribution in [0.15, 0.2) is 39.8 Å². The zero-order valence-corrected chi connectivity index (χ0v) is 13.6. The Balaban J connectivity index is 2.43. The molecule has 8 heteroatoms. The van der Waals surface area contributed by atoms with Gasteiger partial charge in [-0.3, -0.25) is 4.72 Å². The molecule has 1 aromatic carbocycles. The van der Waals surface area contributed by atoms with Gasteiger partial charge in [0, 0.05) is 10.7 Å². The summed E-state index contributed by atoms with van der Waals surface area (Å²) in [5.74, 6) is 0. The maximum Gasteiger partial charge on any atom is 0.264 e. The molecule has 0 amide bonds. The van der Waals surface area contributed by atoms with Gasteiger partial charge < -0.3 is 5.73 Å². The minimum atomic E-state index is -3.82. The van der Waals surface area contributed by atoms with Gasteiger partial charge in [-0.2, -0.15) is 0 Å². The standard InChI is InChI=1S/C12H11BrClN3O2S/c1-7-2-3-11(9(15)4-7)20(18,19)17-10-5-8(13)6-16-12(10)14/h2-6,17H,15H2,1H3. The monoisotopic (exact) mass is 375 g/mol. The van der Waals surface area contributed by atoms with Crippen molar-refractivity contribution >= 4 is 48.9 Å². The van der Waals surface area contributed by atoms with E-state index in [1.54, 1.807) is 12.1 Å². The molecule has 0 aliphatic carbocycles. The number of sulfonamides is 1. The van der Waals surface area contributed by atoms with Crippen molar-refractivity contribution < 1.29 is 8.42 Å². The molecule has 0 aliphatic rings. The Morgan fingerprint density at radius 3 is 2.70 bits per heavy atom. The normalized spacial score (nSPS) is 11.3. The number of aromatic nitrogens is 1. The molecule has 0 saturated heterocycles. The van der Waals surface area contributed by atoms with Crippen LogP contribution < -0.4 is 10.5 Å². The number of benzene rings is 1. The van der Waals surface area contributed by atoms with Gasteiger partial charge in [-0.15, -0.1) is 0 Å². The highest BCUT2D eigenvalue weighted by Crippen LogP contribution is 2.27. The highest BCUT2D eigenvalue weighted by Gasteiger charge is 2.19. The number of hydrogen-bond acceptors (Lipinski definition) is 4. The summed E-state index contributed by atoms with van der Waals surface area (Å²) in [6.07, 6.45) is 1.47. The Labute approximate surface area is 130 Å². The summed E-state index contributed by atoms with van der Waals surface area (Å²) in [5, 5.41) is 0.0578. The molecule has 0 radical (unpaired) electrons. The molecule has 5 nitrogen and oxygen atoms in total. The Morgan fingerprint density at radius 2 is 2.05 bits per heavy atom. The van der Waals surface area contributed by atoms with Gasteiger partial charge in [0.05, 0.1) is 11.4 Å². The lowest BCUT2D eigenvalue weighted by molar-refractivity contribution is 0.601. The van der Waals surface area contributed by atoms with Gasteiger partial charge in [0.25, 0.3) is 10.0 Å². The highest BCUT2D eigenvalue weighted by molar-refractivity contribution is 9.10. The molecular formula is C12H11BrClN3O2S. The number of pyridine rings is 1. The number of nitrogens with zero attached hydrogens (tertiary/aromatic N) is 1. The Kier molecular flexibility index (Phi) is 4.22. The Morgan fingerprint density at radius 1 is 1.35 bits per heavy atom. The van der Waals surface area contributed by atoms with E-state index in [-0.39, 0.29) is 21.4 Å². The van der Waals surface area contributed by atoms with Crippen molar-refractivity contribution in [3.8, 4) is 0 Å². The zero-order chi connectivity index (χ0) is 14.9. The second kappa shape index (κ2) is 5.59. The van der Waals surface area contributed by atoms with Gasteiger partial charge in [0.15, 0.2) is 5.15 Å². The molecule has 0 aliphatic heterocycles. The summed E-state index contributed by atoms with van der Waals surface area (Å²) in [6, 6.07) is 6.24. The van der Waals surface area contributed by atoms with Crippen LogP contribution in [0.5, 0.6) is 0 Å². The van der Waals surface area contributed by atoms with Crippen LogP contribution >= 0.6 is 27.5 Å². The van der Waals surface area contributed by atoms with E-state index in [1.165, 1.54) is 18.3 Å². The van der Waals surface area contributed by atoms with Crippen LogP contribution in [0, 0.1) is 6.92 Å². The van der Waals surface area contributed by atoms with Gasteiger partial charge >= 0.3 is 0 Å². The molecule has 1 aromatic heterocycles.